The van der Waals surface area contributed by atoms with Crippen LogP contribution < -0.4 is 5.32 Å². The van der Waals surface area contributed by atoms with Crippen molar-refractivity contribution in [1.29, 1.82) is 0 Å². The van der Waals surface area contributed by atoms with Gasteiger partial charge in [-0.1, -0.05) is 18.7 Å². The predicted molar refractivity (Wildman–Crippen MR) is 62.1 cm³/mol. The molecular formula is C10H18N2O2S. The van der Waals surface area contributed by atoms with Gasteiger partial charge in [-0.3, -0.25) is 4.99 Å². The van der Waals surface area contributed by atoms with Gasteiger partial charge in [-0.05, 0) is 13.3 Å². The fraction of sp³-hybridized carbons (Fsp3) is 0.900. The molecule has 2 rings (SSSR count). The third kappa shape index (κ3) is 2.29. The Labute approximate surface area is 94.5 Å². The normalized spacial score (nSPS) is 39.8. The molecule has 0 saturated carbocycles. The molecule has 0 aromatic heterocycles. The van der Waals surface area contributed by atoms with Crippen LogP contribution in [-0.2, 0) is 4.74 Å². The highest BCUT2D eigenvalue weighted by Gasteiger charge is 2.40. The molecule has 1 saturated heterocycles. The average molecular weight is 230 g/mol. The van der Waals surface area contributed by atoms with Crippen molar-refractivity contribution in [3.63, 3.8) is 0 Å². The molecule has 2 aliphatic heterocycles. The zero-order valence-electron chi connectivity index (χ0n) is 9.14. The van der Waals surface area contributed by atoms with E-state index in [4.69, 9.17) is 4.74 Å². The average Bonchev–Trinajstić information content (AvgIpc) is 2.58. The van der Waals surface area contributed by atoms with Gasteiger partial charge in [0.1, 0.15) is 5.44 Å². The molecule has 0 unspecified atom stereocenters. The van der Waals surface area contributed by atoms with Gasteiger partial charge in [0.2, 0.25) is 0 Å². The van der Waals surface area contributed by atoms with Crippen LogP contribution in [0.25, 0.3) is 0 Å². The second kappa shape index (κ2) is 4.72. The Morgan fingerprint density at radius 3 is 3.07 bits per heavy atom. The van der Waals surface area contributed by atoms with E-state index in [1.165, 1.54) is 0 Å². The van der Waals surface area contributed by atoms with Crippen LogP contribution in [0.5, 0.6) is 0 Å². The number of amidine groups is 1. The Morgan fingerprint density at radius 2 is 2.40 bits per heavy atom. The van der Waals surface area contributed by atoms with E-state index in [0.717, 1.165) is 24.6 Å². The summed E-state index contributed by atoms with van der Waals surface area (Å²) in [6.45, 7) is 4.97. The Kier molecular flexibility index (Phi) is 3.53. The topological polar surface area (TPSA) is 53.9 Å². The quantitative estimate of drug-likeness (QED) is 0.741. The fourth-order valence-corrected chi connectivity index (χ4v) is 3.15. The van der Waals surface area contributed by atoms with Crippen molar-refractivity contribution < 1.29 is 9.84 Å². The van der Waals surface area contributed by atoms with Gasteiger partial charge in [0.05, 0.1) is 18.2 Å². The van der Waals surface area contributed by atoms with Crippen LogP contribution in [0.2, 0.25) is 0 Å². The summed E-state index contributed by atoms with van der Waals surface area (Å²) in [5.74, 6) is 0. The second-order valence-electron chi connectivity index (χ2n) is 3.90. The molecule has 0 spiro atoms. The Balaban J connectivity index is 1.97. The molecule has 2 N–H and O–H groups in total. The summed E-state index contributed by atoms with van der Waals surface area (Å²) in [6, 6.07) is 0.127. The van der Waals surface area contributed by atoms with Gasteiger partial charge in [0.15, 0.2) is 5.17 Å². The van der Waals surface area contributed by atoms with E-state index >= 15 is 0 Å². The van der Waals surface area contributed by atoms with E-state index in [9.17, 15) is 5.11 Å². The van der Waals surface area contributed by atoms with Gasteiger partial charge in [-0.25, -0.2) is 0 Å². The number of aliphatic hydroxyl groups is 1. The number of nitrogens with one attached hydrogen (secondary N) is 1. The summed E-state index contributed by atoms with van der Waals surface area (Å²) >= 11 is 1.65. The maximum Gasteiger partial charge on any atom is 0.159 e. The SMILES string of the molecule is CCNC1=N[C@@H]2C[C@H](O)[C@@H](CC)O[C@@H]2S1. The number of ether oxygens (including phenoxy) is 1. The lowest BCUT2D eigenvalue weighted by molar-refractivity contribution is -0.0937. The molecular weight excluding hydrogens is 212 g/mol. The third-order valence-corrected chi connectivity index (χ3v) is 3.91. The summed E-state index contributed by atoms with van der Waals surface area (Å²) in [5, 5.41) is 14.0. The lowest BCUT2D eigenvalue weighted by atomic mass is 10.0. The molecule has 4 nitrogen and oxygen atoms in total. The predicted octanol–water partition coefficient (Wildman–Crippen LogP) is 0.953. The van der Waals surface area contributed by atoms with Crippen LogP contribution >= 0.6 is 11.8 Å². The first-order valence-electron chi connectivity index (χ1n) is 5.56. The summed E-state index contributed by atoms with van der Waals surface area (Å²) in [6.07, 6.45) is 1.21. The van der Waals surface area contributed by atoms with Crippen LogP contribution in [0.4, 0.5) is 0 Å². The lowest BCUT2D eigenvalue weighted by Crippen LogP contribution is -2.43. The zero-order valence-corrected chi connectivity index (χ0v) is 9.96. The van der Waals surface area contributed by atoms with E-state index in [-0.39, 0.29) is 23.7 Å². The largest absolute Gasteiger partial charge is 0.390 e. The van der Waals surface area contributed by atoms with Crippen molar-refractivity contribution >= 4 is 16.9 Å². The number of aliphatic hydroxyl groups excluding tert-OH is 1. The molecule has 1 fully saturated rings. The van der Waals surface area contributed by atoms with Gasteiger partial charge in [0, 0.05) is 13.0 Å². The number of aliphatic imine (C=N–C) groups is 1. The molecule has 2 aliphatic rings. The highest BCUT2D eigenvalue weighted by Crippen LogP contribution is 2.36. The van der Waals surface area contributed by atoms with Gasteiger partial charge < -0.3 is 15.2 Å². The van der Waals surface area contributed by atoms with E-state index in [1.807, 2.05) is 6.92 Å². The standard InChI is InChI=1S/C10H18N2O2S/c1-3-8-7(13)5-6-9(14-8)15-10(12-6)11-4-2/h6-9,13H,3-5H2,1-2H3,(H,11,12)/t6-,7+,8-,9-/m1/s1. The Bertz CT molecular complexity index is 260. The van der Waals surface area contributed by atoms with E-state index in [1.54, 1.807) is 11.8 Å². The third-order valence-electron chi connectivity index (χ3n) is 2.78. The van der Waals surface area contributed by atoms with Gasteiger partial charge in [-0.15, -0.1) is 0 Å². The number of fused-ring (bicyclic) bond motifs is 1. The smallest absolute Gasteiger partial charge is 0.159 e. The van der Waals surface area contributed by atoms with Gasteiger partial charge in [0.25, 0.3) is 0 Å². The molecule has 0 aromatic rings. The van der Waals surface area contributed by atoms with Crippen molar-refractivity contribution in [2.45, 2.75) is 50.4 Å². The minimum Gasteiger partial charge on any atom is -0.390 e. The van der Waals surface area contributed by atoms with Gasteiger partial charge in [-0.2, -0.15) is 0 Å². The van der Waals surface area contributed by atoms with E-state index < -0.39 is 0 Å². The van der Waals surface area contributed by atoms with Crippen LogP contribution in [0.3, 0.4) is 0 Å². The van der Waals surface area contributed by atoms with E-state index in [0.29, 0.717) is 0 Å². The van der Waals surface area contributed by atoms with Crippen molar-refractivity contribution in [2.24, 2.45) is 4.99 Å². The minimum atomic E-state index is -0.360. The van der Waals surface area contributed by atoms with Crippen LogP contribution in [0.15, 0.2) is 4.99 Å². The second-order valence-corrected chi connectivity index (χ2v) is 4.99. The zero-order chi connectivity index (χ0) is 10.8. The van der Waals surface area contributed by atoms with Crippen LogP contribution in [-0.4, -0.2) is 40.5 Å². The molecule has 2 heterocycles. The molecule has 5 heteroatoms. The maximum atomic E-state index is 9.81. The van der Waals surface area contributed by atoms with Crippen molar-refractivity contribution in [3.8, 4) is 0 Å². The molecule has 0 aromatic carbocycles. The molecule has 0 aliphatic carbocycles. The number of hydrogen-bond acceptors (Lipinski definition) is 5. The number of rotatable bonds is 2. The molecule has 0 radical (unpaired) electrons. The summed E-state index contributed by atoms with van der Waals surface area (Å²) < 4.78 is 5.81. The van der Waals surface area contributed by atoms with Gasteiger partial charge >= 0.3 is 0 Å². The van der Waals surface area contributed by atoms with Crippen molar-refractivity contribution in [2.75, 3.05) is 6.54 Å². The van der Waals surface area contributed by atoms with E-state index in [2.05, 4.69) is 17.2 Å². The van der Waals surface area contributed by atoms with Crippen molar-refractivity contribution in [1.82, 2.24) is 5.32 Å². The number of nitrogens with zero attached hydrogens (tertiary/aromatic N) is 1. The maximum absolute atomic E-state index is 9.81. The highest BCUT2D eigenvalue weighted by molar-refractivity contribution is 8.14. The Morgan fingerprint density at radius 1 is 1.60 bits per heavy atom. The number of hydrogen-bond donors (Lipinski definition) is 2. The molecule has 15 heavy (non-hydrogen) atoms. The Hall–Kier alpha value is -0.260. The highest BCUT2D eigenvalue weighted by atomic mass is 32.2. The van der Waals surface area contributed by atoms with Crippen molar-refractivity contribution in [3.05, 3.63) is 0 Å². The molecule has 0 amide bonds. The molecule has 4 atom stereocenters. The first kappa shape index (κ1) is 11.2. The lowest BCUT2D eigenvalue weighted by Gasteiger charge is -2.33. The molecule has 86 valence electrons. The van der Waals surface area contributed by atoms with Crippen LogP contribution in [0, 0.1) is 0 Å². The summed E-state index contributed by atoms with van der Waals surface area (Å²) in [7, 11) is 0. The first-order valence-corrected chi connectivity index (χ1v) is 6.44. The summed E-state index contributed by atoms with van der Waals surface area (Å²) in [4.78, 5) is 4.50. The molecule has 0 bridgehead atoms. The first-order chi connectivity index (χ1) is 7.24. The fourth-order valence-electron chi connectivity index (χ4n) is 1.98. The summed E-state index contributed by atoms with van der Waals surface area (Å²) in [5.41, 5.74) is 0.104. The number of thioether (sulfide) groups is 1. The monoisotopic (exact) mass is 230 g/mol. The minimum absolute atomic E-state index is 0.0186. The van der Waals surface area contributed by atoms with Crippen LogP contribution in [0.1, 0.15) is 26.7 Å².